The van der Waals surface area contributed by atoms with Crippen molar-refractivity contribution in [2.75, 3.05) is 0 Å². The molecular formula is C49H28BNO3. The van der Waals surface area contributed by atoms with Gasteiger partial charge < -0.3 is 18.8 Å². The van der Waals surface area contributed by atoms with Gasteiger partial charge in [-0.15, -0.1) is 0 Å². The van der Waals surface area contributed by atoms with E-state index in [1.165, 1.54) is 33.0 Å². The van der Waals surface area contributed by atoms with Crippen molar-refractivity contribution in [1.29, 1.82) is 0 Å². The van der Waals surface area contributed by atoms with E-state index in [9.17, 15) is 0 Å². The maximum absolute atomic E-state index is 6.78. The molecule has 54 heavy (non-hydrogen) atoms. The topological polar surface area (TPSA) is 32.6 Å². The lowest BCUT2D eigenvalue weighted by molar-refractivity contribution is 0.437. The van der Waals surface area contributed by atoms with Gasteiger partial charge in [0, 0.05) is 39.5 Å². The summed E-state index contributed by atoms with van der Waals surface area (Å²) in [5, 5.41) is 2.42. The summed E-state index contributed by atoms with van der Waals surface area (Å²) in [6.07, 6.45) is 0. The molecule has 4 aliphatic rings. The third kappa shape index (κ3) is 3.41. The second-order valence-corrected chi connectivity index (χ2v) is 14.7. The van der Waals surface area contributed by atoms with Gasteiger partial charge in [0.1, 0.15) is 34.5 Å². The van der Waals surface area contributed by atoms with Crippen LogP contribution in [-0.2, 0) is 5.41 Å². The molecular weight excluding hydrogens is 661 g/mol. The van der Waals surface area contributed by atoms with Crippen LogP contribution in [-0.4, -0.2) is 11.3 Å². The zero-order valence-corrected chi connectivity index (χ0v) is 28.9. The molecule has 3 aliphatic heterocycles. The molecule has 5 heteroatoms. The highest BCUT2D eigenvalue weighted by Crippen LogP contribution is 2.64. The van der Waals surface area contributed by atoms with E-state index in [4.69, 9.17) is 14.2 Å². The molecule has 9 aromatic rings. The largest absolute Gasteiger partial charge is 0.458 e. The highest BCUT2D eigenvalue weighted by molar-refractivity contribution is 6.98. The quantitative estimate of drug-likeness (QED) is 0.161. The van der Waals surface area contributed by atoms with Crippen LogP contribution in [0.3, 0.4) is 0 Å². The molecule has 4 heterocycles. The van der Waals surface area contributed by atoms with Crippen molar-refractivity contribution < 1.29 is 14.2 Å². The van der Waals surface area contributed by atoms with Crippen molar-refractivity contribution in [2.24, 2.45) is 0 Å². The Morgan fingerprint density at radius 2 is 0.963 bits per heavy atom. The van der Waals surface area contributed by atoms with Gasteiger partial charge in [-0.05, 0) is 69.6 Å². The summed E-state index contributed by atoms with van der Waals surface area (Å²) in [7, 11) is 0. The Bertz CT molecular complexity index is 3010. The zero-order valence-electron chi connectivity index (χ0n) is 28.9. The van der Waals surface area contributed by atoms with Crippen LogP contribution in [0.25, 0.3) is 38.6 Å². The summed E-state index contributed by atoms with van der Waals surface area (Å²) < 4.78 is 22.6. The lowest BCUT2D eigenvalue weighted by atomic mass is 9.35. The number of para-hydroxylation sites is 5. The van der Waals surface area contributed by atoms with Crippen LogP contribution in [0.15, 0.2) is 170 Å². The molecule has 0 amide bonds. The fraction of sp³-hybridized carbons (Fsp3) is 0.0204. The molecule has 0 N–H and O–H groups in total. The Balaban J connectivity index is 1.15. The third-order valence-electron chi connectivity index (χ3n) is 12.2. The first-order chi connectivity index (χ1) is 26.8. The maximum atomic E-state index is 6.78. The van der Waals surface area contributed by atoms with Gasteiger partial charge in [-0.3, -0.25) is 0 Å². The number of fused-ring (bicyclic) bond motifs is 17. The van der Waals surface area contributed by atoms with Crippen LogP contribution >= 0.6 is 0 Å². The summed E-state index contributed by atoms with van der Waals surface area (Å²) in [4.78, 5) is 0. The predicted molar refractivity (Wildman–Crippen MR) is 216 cm³/mol. The van der Waals surface area contributed by atoms with Crippen molar-refractivity contribution in [3.63, 3.8) is 0 Å². The summed E-state index contributed by atoms with van der Waals surface area (Å²) in [5.74, 6) is 5.18. The summed E-state index contributed by atoms with van der Waals surface area (Å²) in [6.45, 7) is 0.0207. The van der Waals surface area contributed by atoms with E-state index >= 15 is 0 Å². The molecule has 0 atom stereocenters. The molecule has 1 spiro atoms. The van der Waals surface area contributed by atoms with E-state index in [0.29, 0.717) is 0 Å². The molecule has 0 radical (unpaired) electrons. The van der Waals surface area contributed by atoms with E-state index < -0.39 is 5.41 Å². The fourth-order valence-corrected chi connectivity index (χ4v) is 10.2. The van der Waals surface area contributed by atoms with E-state index in [1.54, 1.807) is 0 Å². The van der Waals surface area contributed by atoms with E-state index in [0.717, 1.165) is 78.7 Å². The van der Waals surface area contributed by atoms with Crippen LogP contribution in [0.2, 0.25) is 0 Å². The molecule has 1 aromatic heterocycles. The summed E-state index contributed by atoms with van der Waals surface area (Å²) >= 11 is 0. The van der Waals surface area contributed by atoms with Gasteiger partial charge >= 0.3 is 0 Å². The van der Waals surface area contributed by atoms with E-state index in [-0.39, 0.29) is 6.71 Å². The summed E-state index contributed by atoms with van der Waals surface area (Å²) in [6, 6.07) is 60.8. The number of hydrogen-bond acceptors (Lipinski definition) is 3. The van der Waals surface area contributed by atoms with Crippen molar-refractivity contribution in [3.05, 3.63) is 192 Å². The highest BCUT2D eigenvalue weighted by Gasteiger charge is 2.52. The monoisotopic (exact) mass is 689 g/mol. The predicted octanol–water partition coefficient (Wildman–Crippen LogP) is 9.98. The van der Waals surface area contributed by atoms with Crippen LogP contribution in [0, 0.1) is 0 Å². The number of aromatic nitrogens is 1. The first-order valence-corrected chi connectivity index (χ1v) is 18.5. The molecule has 8 aromatic carbocycles. The van der Waals surface area contributed by atoms with E-state index in [1.807, 2.05) is 12.1 Å². The van der Waals surface area contributed by atoms with Crippen molar-refractivity contribution in [2.45, 2.75) is 5.41 Å². The minimum absolute atomic E-state index is 0.0207. The first-order valence-electron chi connectivity index (χ1n) is 18.5. The van der Waals surface area contributed by atoms with Crippen molar-refractivity contribution >= 4 is 44.9 Å². The number of benzene rings is 8. The van der Waals surface area contributed by atoms with Gasteiger partial charge in [-0.25, -0.2) is 0 Å². The van der Waals surface area contributed by atoms with Crippen LogP contribution in [0.1, 0.15) is 22.3 Å². The highest BCUT2D eigenvalue weighted by atomic mass is 16.5. The number of nitrogens with zero attached hydrogens (tertiary/aromatic N) is 1. The number of rotatable bonds is 1. The Hall–Kier alpha value is -6.98. The normalized spacial score (nSPS) is 14.5. The number of ether oxygens (including phenoxy) is 3. The number of hydrogen-bond donors (Lipinski definition) is 0. The van der Waals surface area contributed by atoms with E-state index in [2.05, 4.69) is 162 Å². The molecule has 4 nitrogen and oxygen atoms in total. The second kappa shape index (κ2) is 10.1. The average molecular weight is 690 g/mol. The Kier molecular flexibility index (Phi) is 5.36. The second-order valence-electron chi connectivity index (χ2n) is 14.7. The molecule has 0 bridgehead atoms. The smallest absolute Gasteiger partial charge is 0.260 e. The van der Waals surface area contributed by atoms with Gasteiger partial charge in [0.15, 0.2) is 0 Å². The Morgan fingerprint density at radius 1 is 0.426 bits per heavy atom. The van der Waals surface area contributed by atoms with Crippen LogP contribution in [0.5, 0.6) is 34.5 Å². The average Bonchev–Trinajstić information content (AvgIpc) is 3.71. The Morgan fingerprint density at radius 3 is 1.65 bits per heavy atom. The first kappa shape index (κ1) is 28.6. The SMILES string of the molecule is c1ccc2c(c1)Oc1cc(-n3c4ccccc4c4c5c(ccc43)-c3ccccc3C53c4ccccc4Oc4ccccc43)cc3c1B2c1ccccc1O3. The van der Waals surface area contributed by atoms with Crippen LogP contribution < -0.4 is 30.6 Å². The zero-order chi connectivity index (χ0) is 35.1. The fourth-order valence-electron chi connectivity index (χ4n) is 10.2. The van der Waals surface area contributed by atoms with Gasteiger partial charge in [0.25, 0.3) is 6.71 Å². The molecule has 13 rings (SSSR count). The maximum Gasteiger partial charge on any atom is 0.260 e. The third-order valence-corrected chi connectivity index (χ3v) is 12.2. The summed E-state index contributed by atoms with van der Waals surface area (Å²) in [5.41, 5.74) is 13.4. The molecule has 250 valence electrons. The molecule has 0 fully saturated rings. The van der Waals surface area contributed by atoms with Crippen molar-refractivity contribution in [1.82, 2.24) is 4.57 Å². The van der Waals surface area contributed by atoms with Gasteiger partial charge in [0.2, 0.25) is 0 Å². The minimum atomic E-state index is -0.597. The lowest BCUT2D eigenvalue weighted by Crippen LogP contribution is -2.57. The molecule has 0 saturated heterocycles. The lowest BCUT2D eigenvalue weighted by Gasteiger charge is -2.39. The van der Waals surface area contributed by atoms with Gasteiger partial charge in [-0.1, -0.05) is 121 Å². The molecule has 1 aliphatic carbocycles. The van der Waals surface area contributed by atoms with Crippen molar-refractivity contribution in [3.8, 4) is 51.3 Å². The van der Waals surface area contributed by atoms with Crippen LogP contribution in [0.4, 0.5) is 0 Å². The molecule has 0 unspecified atom stereocenters. The van der Waals surface area contributed by atoms with Gasteiger partial charge in [-0.2, -0.15) is 0 Å². The minimum Gasteiger partial charge on any atom is -0.458 e. The standard InChI is InChI=1S/C49H28BNO3/c1-3-15-33-30(13-1)31-25-26-39-46(47(31)49(33)34-16-4-9-21-40(34)52-41-22-10-5-17-35(41)49)32-14-2-8-20-38(32)51(39)29-27-44-48-45(28-29)54-43-24-12-7-19-37(43)50(48)36-18-6-11-23-42(36)53-44/h1-28H. The Labute approximate surface area is 311 Å². The molecule has 0 saturated carbocycles. The van der Waals surface area contributed by atoms with Gasteiger partial charge in [0.05, 0.1) is 22.1 Å².